The van der Waals surface area contributed by atoms with Crippen LogP contribution in [-0.2, 0) is 11.3 Å². The molecule has 2 fully saturated rings. The summed E-state index contributed by atoms with van der Waals surface area (Å²) >= 11 is 0. The van der Waals surface area contributed by atoms with Crippen LogP contribution >= 0.6 is 0 Å². The van der Waals surface area contributed by atoms with E-state index in [9.17, 15) is 22.8 Å². The number of anilines is 2. The molecule has 2 aromatic rings. The van der Waals surface area contributed by atoms with Crippen LogP contribution in [0.5, 0.6) is 0 Å². The monoisotopic (exact) mass is 463 g/mol. The Morgan fingerprint density at radius 2 is 2.12 bits per heavy atom. The van der Waals surface area contributed by atoms with Crippen LogP contribution in [0.1, 0.15) is 35.8 Å². The van der Waals surface area contributed by atoms with Gasteiger partial charge in [0.05, 0.1) is 24.8 Å². The zero-order valence-electron chi connectivity index (χ0n) is 18.3. The largest absolute Gasteiger partial charge is 0.408 e. The van der Waals surface area contributed by atoms with E-state index in [-0.39, 0.29) is 36.1 Å². The number of nitrogens with zero attached hydrogens (tertiary/aromatic N) is 5. The summed E-state index contributed by atoms with van der Waals surface area (Å²) in [7, 11) is 0. The van der Waals surface area contributed by atoms with E-state index in [0.717, 1.165) is 11.3 Å². The maximum Gasteiger partial charge on any atom is 0.408 e. The molecule has 3 aliphatic rings. The number of hydrogen-bond acceptors (Lipinski definition) is 7. The van der Waals surface area contributed by atoms with Crippen LogP contribution in [-0.4, -0.2) is 63.9 Å². The number of aromatic nitrogens is 3. The van der Waals surface area contributed by atoms with Crippen molar-refractivity contribution in [1.29, 1.82) is 0 Å². The summed E-state index contributed by atoms with van der Waals surface area (Å²) in [5.74, 6) is -0.339. The molecule has 5 rings (SSSR count). The van der Waals surface area contributed by atoms with Gasteiger partial charge in [-0.15, -0.1) is 0 Å². The summed E-state index contributed by atoms with van der Waals surface area (Å²) < 4.78 is 48.8. The molecule has 5 heterocycles. The van der Waals surface area contributed by atoms with Gasteiger partial charge >= 0.3 is 6.18 Å². The molecule has 2 aromatic heterocycles. The van der Waals surface area contributed by atoms with Gasteiger partial charge in [0.15, 0.2) is 5.78 Å². The van der Waals surface area contributed by atoms with Crippen LogP contribution in [0.2, 0.25) is 0 Å². The number of aryl methyl sites for hydroxylation is 1. The highest BCUT2D eigenvalue weighted by Gasteiger charge is 2.51. The minimum atomic E-state index is -4.59. The number of rotatable bonds is 4. The first-order valence-electron chi connectivity index (χ1n) is 10.9. The molecule has 33 heavy (non-hydrogen) atoms. The first-order valence-corrected chi connectivity index (χ1v) is 10.9. The predicted molar refractivity (Wildman–Crippen MR) is 114 cm³/mol. The molecule has 0 unspecified atom stereocenters. The van der Waals surface area contributed by atoms with Gasteiger partial charge in [-0.1, -0.05) is 0 Å². The fraction of sp³-hybridized carbons (Fsp3) is 0.545. The highest BCUT2D eigenvalue weighted by atomic mass is 19.4. The van der Waals surface area contributed by atoms with Crippen molar-refractivity contribution in [3.05, 3.63) is 46.0 Å². The van der Waals surface area contributed by atoms with E-state index in [2.05, 4.69) is 9.97 Å². The lowest BCUT2D eigenvalue weighted by atomic mass is 10.0. The SMILES string of the molecule is Cc1ccc(C(=O)CN2c3nc(N4C[C@@H]5C[C@]4(C)CO5)cc(=O)n3CC[C@H]2C(F)(F)F)cn1. The van der Waals surface area contributed by atoms with Gasteiger partial charge in [0.25, 0.3) is 5.56 Å². The van der Waals surface area contributed by atoms with Gasteiger partial charge in [-0.25, -0.2) is 0 Å². The fourth-order valence-corrected chi connectivity index (χ4v) is 5.00. The maximum atomic E-state index is 14.0. The predicted octanol–water partition coefficient (Wildman–Crippen LogP) is 2.34. The molecule has 0 N–H and O–H groups in total. The van der Waals surface area contributed by atoms with E-state index >= 15 is 0 Å². The molecular formula is C22H24F3N5O3. The van der Waals surface area contributed by atoms with Crippen molar-refractivity contribution in [2.45, 2.75) is 57.1 Å². The maximum absolute atomic E-state index is 14.0. The fourth-order valence-electron chi connectivity index (χ4n) is 5.00. The number of carbonyl (C=O) groups excluding carboxylic acids is 1. The average Bonchev–Trinajstić information content (AvgIpc) is 3.29. The van der Waals surface area contributed by atoms with E-state index in [1.165, 1.54) is 22.9 Å². The Hall–Kier alpha value is -2.95. The van der Waals surface area contributed by atoms with Gasteiger partial charge in [-0.2, -0.15) is 18.2 Å². The summed E-state index contributed by atoms with van der Waals surface area (Å²) in [5, 5.41) is 0. The van der Waals surface area contributed by atoms with Crippen LogP contribution in [0, 0.1) is 6.92 Å². The van der Waals surface area contributed by atoms with Crippen molar-refractivity contribution >= 4 is 17.5 Å². The number of pyridine rings is 1. The second-order valence-electron chi connectivity index (χ2n) is 9.23. The average molecular weight is 463 g/mol. The topological polar surface area (TPSA) is 80.6 Å². The summed E-state index contributed by atoms with van der Waals surface area (Å²) in [5.41, 5.74) is 0.101. The Bertz CT molecular complexity index is 1150. The Morgan fingerprint density at radius 3 is 2.73 bits per heavy atom. The van der Waals surface area contributed by atoms with Crippen LogP contribution < -0.4 is 15.4 Å². The van der Waals surface area contributed by atoms with Gasteiger partial charge in [-0.05, 0) is 32.4 Å². The molecule has 0 aromatic carbocycles. The third-order valence-corrected chi connectivity index (χ3v) is 6.77. The molecule has 11 heteroatoms. The second kappa shape index (κ2) is 7.54. The lowest BCUT2D eigenvalue weighted by Crippen LogP contribution is -2.54. The molecule has 0 spiro atoms. The summed E-state index contributed by atoms with van der Waals surface area (Å²) in [6.07, 6.45) is -2.81. The summed E-state index contributed by atoms with van der Waals surface area (Å²) in [6.45, 7) is 4.04. The molecule has 0 saturated carbocycles. The van der Waals surface area contributed by atoms with Crippen LogP contribution in [0.15, 0.2) is 29.2 Å². The van der Waals surface area contributed by atoms with E-state index in [1.807, 2.05) is 11.8 Å². The zero-order valence-corrected chi connectivity index (χ0v) is 18.3. The second-order valence-corrected chi connectivity index (χ2v) is 9.23. The van der Waals surface area contributed by atoms with E-state index in [1.54, 1.807) is 13.0 Å². The quantitative estimate of drug-likeness (QED) is 0.644. The van der Waals surface area contributed by atoms with Crippen LogP contribution in [0.4, 0.5) is 24.9 Å². The normalized spacial score (nSPS) is 26.6. The Kier molecular flexibility index (Phi) is 5.00. The molecule has 8 nitrogen and oxygen atoms in total. The van der Waals surface area contributed by atoms with Gasteiger partial charge < -0.3 is 14.5 Å². The van der Waals surface area contributed by atoms with Crippen molar-refractivity contribution in [3.8, 4) is 0 Å². The van der Waals surface area contributed by atoms with Crippen molar-refractivity contribution in [1.82, 2.24) is 14.5 Å². The Morgan fingerprint density at radius 1 is 1.33 bits per heavy atom. The lowest BCUT2D eigenvalue weighted by Gasteiger charge is -2.40. The molecule has 0 amide bonds. The van der Waals surface area contributed by atoms with Crippen molar-refractivity contribution in [3.63, 3.8) is 0 Å². The van der Waals surface area contributed by atoms with Crippen molar-refractivity contribution < 1.29 is 22.7 Å². The van der Waals surface area contributed by atoms with Crippen LogP contribution in [0.25, 0.3) is 0 Å². The van der Waals surface area contributed by atoms with Crippen molar-refractivity contribution in [2.24, 2.45) is 0 Å². The third-order valence-electron chi connectivity index (χ3n) is 6.77. The van der Waals surface area contributed by atoms with Gasteiger partial charge in [-0.3, -0.25) is 19.1 Å². The number of halogens is 3. The number of fused-ring (bicyclic) bond motifs is 3. The molecule has 3 atom stereocenters. The molecule has 0 aliphatic carbocycles. The number of carbonyl (C=O) groups is 1. The standard InChI is InChI=1S/C22H24F3N5O3/c1-13-3-4-14(9-26-13)16(31)11-29-17(22(23,24)25)5-6-28-19(32)7-18(27-20(28)29)30-10-15-8-21(30,2)12-33-15/h3-4,7,9,15,17H,5-6,8,10-12H2,1-2H3/t15-,17-,21+/m0/s1. The number of morpholine rings is 1. The molecule has 3 aliphatic heterocycles. The number of ether oxygens (including phenoxy) is 1. The Labute approximate surface area is 188 Å². The van der Waals surface area contributed by atoms with E-state index < -0.39 is 30.1 Å². The minimum absolute atomic E-state index is 0.00484. The molecule has 0 radical (unpaired) electrons. The highest BCUT2D eigenvalue weighted by molar-refractivity contribution is 5.99. The molecule has 2 bridgehead atoms. The van der Waals surface area contributed by atoms with Crippen molar-refractivity contribution in [2.75, 3.05) is 29.5 Å². The smallest absolute Gasteiger partial charge is 0.374 e. The van der Waals surface area contributed by atoms with Gasteiger partial charge in [0.2, 0.25) is 5.95 Å². The molecule has 176 valence electrons. The first-order chi connectivity index (χ1) is 15.5. The van der Waals surface area contributed by atoms with Gasteiger partial charge in [0.1, 0.15) is 11.9 Å². The zero-order chi connectivity index (χ0) is 23.5. The number of hydrogen-bond donors (Lipinski definition) is 0. The highest BCUT2D eigenvalue weighted by Crippen LogP contribution is 2.41. The summed E-state index contributed by atoms with van der Waals surface area (Å²) in [4.78, 5) is 37.2. The Balaban J connectivity index is 1.55. The molecule has 2 saturated heterocycles. The third kappa shape index (κ3) is 3.77. The lowest BCUT2D eigenvalue weighted by molar-refractivity contribution is -0.152. The number of alkyl halides is 3. The van der Waals surface area contributed by atoms with E-state index in [4.69, 9.17) is 4.74 Å². The minimum Gasteiger partial charge on any atom is -0.374 e. The first kappa shape index (κ1) is 21.9. The van der Waals surface area contributed by atoms with E-state index in [0.29, 0.717) is 24.7 Å². The number of Topliss-reactive ketones (excluding diaryl/α,β-unsaturated/α-hetero) is 1. The van der Waals surface area contributed by atoms with Gasteiger partial charge in [0, 0.05) is 43.0 Å². The summed E-state index contributed by atoms with van der Waals surface area (Å²) in [6, 6.07) is 2.62. The molecular weight excluding hydrogens is 439 g/mol. The van der Waals surface area contributed by atoms with Crippen LogP contribution in [0.3, 0.4) is 0 Å². The number of ketones is 1.